The molecule has 1 aliphatic heterocycles. The minimum Gasteiger partial charge on any atom is -0.335 e. The Bertz CT molecular complexity index is 748. The van der Waals surface area contributed by atoms with Crippen molar-refractivity contribution >= 4 is 11.6 Å². The fourth-order valence-electron chi connectivity index (χ4n) is 4.91. The van der Waals surface area contributed by atoms with E-state index in [4.69, 9.17) is 0 Å². The maximum absolute atomic E-state index is 13.0. The molecule has 2 atom stereocenters. The van der Waals surface area contributed by atoms with E-state index in [0.717, 1.165) is 30.6 Å². The third-order valence-electron chi connectivity index (χ3n) is 5.31. The number of amides is 1. The van der Waals surface area contributed by atoms with Crippen molar-refractivity contribution in [2.45, 2.75) is 46.1 Å². The summed E-state index contributed by atoms with van der Waals surface area (Å²) in [5, 5.41) is 0. The zero-order valence-corrected chi connectivity index (χ0v) is 13.5. The molecule has 1 saturated carbocycles. The summed E-state index contributed by atoms with van der Waals surface area (Å²) < 4.78 is 1.92. The lowest BCUT2D eigenvalue weighted by molar-refractivity contribution is 0.0707. The number of carbonyl (C=O) groups is 1. The molecule has 4 nitrogen and oxygen atoms in total. The quantitative estimate of drug-likeness (QED) is 0.809. The van der Waals surface area contributed by atoms with Crippen LogP contribution in [0.15, 0.2) is 30.7 Å². The summed E-state index contributed by atoms with van der Waals surface area (Å²) in [4.78, 5) is 19.4. The molecule has 2 fully saturated rings. The summed E-state index contributed by atoms with van der Waals surface area (Å²) in [6.07, 6.45) is 9.02. The standard InChI is InChI=1S/C18H23N3O/c1-17(2)8-14-9-18(3,11-17)12-21(14)16(22)13-4-5-15-19-6-7-20(15)10-13/h4-7,10,14H,8-9,11-12H2,1-3H3. The molecule has 0 aromatic carbocycles. The van der Waals surface area contributed by atoms with Gasteiger partial charge >= 0.3 is 0 Å². The van der Waals surface area contributed by atoms with E-state index in [1.807, 2.05) is 28.9 Å². The van der Waals surface area contributed by atoms with Crippen LogP contribution in [0.3, 0.4) is 0 Å². The van der Waals surface area contributed by atoms with Gasteiger partial charge in [-0.25, -0.2) is 4.98 Å². The number of hydrogen-bond donors (Lipinski definition) is 0. The Morgan fingerprint density at radius 2 is 2.09 bits per heavy atom. The second-order valence-electron chi connectivity index (χ2n) is 8.26. The average Bonchev–Trinajstić information content (AvgIpc) is 2.97. The van der Waals surface area contributed by atoms with E-state index >= 15 is 0 Å². The Balaban J connectivity index is 1.65. The lowest BCUT2D eigenvalue weighted by Crippen LogP contribution is -2.37. The van der Waals surface area contributed by atoms with Gasteiger partial charge in [-0.1, -0.05) is 20.8 Å². The van der Waals surface area contributed by atoms with Gasteiger partial charge in [-0.3, -0.25) is 4.79 Å². The molecule has 2 aromatic rings. The van der Waals surface area contributed by atoms with E-state index in [1.54, 1.807) is 6.20 Å². The SMILES string of the molecule is CC1(C)CC2CC(C)(CN2C(=O)c2ccc3nccn3c2)C1. The normalized spacial score (nSPS) is 30.0. The van der Waals surface area contributed by atoms with Crippen molar-refractivity contribution in [2.75, 3.05) is 6.54 Å². The largest absolute Gasteiger partial charge is 0.335 e. The Morgan fingerprint density at radius 3 is 2.91 bits per heavy atom. The summed E-state index contributed by atoms with van der Waals surface area (Å²) >= 11 is 0. The van der Waals surface area contributed by atoms with Crippen molar-refractivity contribution in [2.24, 2.45) is 10.8 Å². The molecular formula is C18H23N3O. The first-order valence-corrected chi connectivity index (χ1v) is 8.09. The summed E-state index contributed by atoms with van der Waals surface area (Å²) in [6, 6.07) is 4.21. The van der Waals surface area contributed by atoms with Gasteiger partial charge in [0.05, 0.1) is 5.56 Å². The van der Waals surface area contributed by atoms with Crippen LogP contribution in [0.4, 0.5) is 0 Å². The minimum atomic E-state index is 0.169. The van der Waals surface area contributed by atoms with Crippen molar-refractivity contribution in [1.29, 1.82) is 0 Å². The molecule has 22 heavy (non-hydrogen) atoms. The van der Waals surface area contributed by atoms with Gasteiger partial charge in [-0.05, 0) is 42.2 Å². The number of hydrogen-bond acceptors (Lipinski definition) is 2. The maximum atomic E-state index is 13.0. The maximum Gasteiger partial charge on any atom is 0.255 e. The topological polar surface area (TPSA) is 37.6 Å². The lowest BCUT2D eigenvalue weighted by atomic mass is 9.65. The van der Waals surface area contributed by atoms with Crippen molar-refractivity contribution in [3.05, 3.63) is 36.3 Å². The van der Waals surface area contributed by atoms with Crippen LogP contribution in [0.25, 0.3) is 5.65 Å². The highest BCUT2D eigenvalue weighted by Crippen LogP contribution is 2.52. The van der Waals surface area contributed by atoms with Crippen molar-refractivity contribution in [3.63, 3.8) is 0 Å². The third-order valence-corrected chi connectivity index (χ3v) is 5.31. The van der Waals surface area contributed by atoms with Gasteiger partial charge in [-0.15, -0.1) is 0 Å². The summed E-state index contributed by atoms with van der Waals surface area (Å²) in [5.41, 5.74) is 2.26. The lowest BCUT2D eigenvalue weighted by Gasteiger charge is -2.39. The smallest absolute Gasteiger partial charge is 0.255 e. The van der Waals surface area contributed by atoms with Gasteiger partial charge in [-0.2, -0.15) is 0 Å². The molecule has 2 aromatic heterocycles. The molecular weight excluding hydrogens is 274 g/mol. The van der Waals surface area contributed by atoms with Crippen LogP contribution in [0.2, 0.25) is 0 Å². The van der Waals surface area contributed by atoms with Crippen LogP contribution in [0.5, 0.6) is 0 Å². The van der Waals surface area contributed by atoms with Crippen molar-refractivity contribution < 1.29 is 4.79 Å². The van der Waals surface area contributed by atoms with E-state index in [2.05, 4.69) is 30.7 Å². The van der Waals surface area contributed by atoms with Crippen LogP contribution < -0.4 is 0 Å². The molecule has 1 saturated heterocycles. The van der Waals surface area contributed by atoms with Gasteiger partial charge in [0, 0.05) is 31.2 Å². The monoisotopic (exact) mass is 297 g/mol. The summed E-state index contributed by atoms with van der Waals surface area (Å²) in [5.74, 6) is 0.169. The van der Waals surface area contributed by atoms with Gasteiger partial charge in [0.2, 0.25) is 0 Å². The van der Waals surface area contributed by atoms with Crippen LogP contribution in [0, 0.1) is 10.8 Å². The summed E-state index contributed by atoms with van der Waals surface area (Å²) in [6.45, 7) is 7.90. The molecule has 2 aliphatic rings. The zero-order chi connectivity index (χ0) is 15.5. The zero-order valence-electron chi connectivity index (χ0n) is 13.5. The van der Waals surface area contributed by atoms with E-state index < -0.39 is 0 Å². The number of aromatic nitrogens is 2. The van der Waals surface area contributed by atoms with E-state index in [-0.39, 0.29) is 11.3 Å². The number of fused-ring (bicyclic) bond motifs is 3. The highest BCUT2D eigenvalue weighted by Gasteiger charge is 2.51. The Labute approximate surface area is 131 Å². The van der Waals surface area contributed by atoms with Gasteiger partial charge in [0.25, 0.3) is 5.91 Å². The number of nitrogens with zero attached hydrogens (tertiary/aromatic N) is 3. The fourth-order valence-corrected chi connectivity index (χ4v) is 4.91. The predicted molar refractivity (Wildman–Crippen MR) is 85.8 cm³/mol. The molecule has 1 aliphatic carbocycles. The van der Waals surface area contributed by atoms with E-state index in [9.17, 15) is 4.79 Å². The third kappa shape index (κ3) is 2.13. The minimum absolute atomic E-state index is 0.169. The van der Waals surface area contributed by atoms with E-state index in [1.165, 1.54) is 6.42 Å². The van der Waals surface area contributed by atoms with Gasteiger partial charge < -0.3 is 9.30 Å². The highest BCUT2D eigenvalue weighted by atomic mass is 16.2. The van der Waals surface area contributed by atoms with Gasteiger partial charge in [0.15, 0.2) is 0 Å². The Hall–Kier alpha value is -1.84. The number of rotatable bonds is 1. The second kappa shape index (κ2) is 4.34. The average molecular weight is 297 g/mol. The molecule has 116 valence electrons. The molecule has 3 heterocycles. The first-order valence-electron chi connectivity index (χ1n) is 8.09. The Morgan fingerprint density at radius 1 is 1.27 bits per heavy atom. The van der Waals surface area contributed by atoms with E-state index in [0.29, 0.717) is 11.5 Å². The molecule has 0 spiro atoms. The molecule has 1 amide bonds. The molecule has 2 unspecified atom stereocenters. The predicted octanol–water partition coefficient (Wildman–Crippen LogP) is 3.38. The number of imidazole rings is 1. The van der Waals surface area contributed by atoms with Crippen molar-refractivity contribution in [3.8, 4) is 0 Å². The fraction of sp³-hybridized carbons (Fsp3) is 0.556. The molecule has 2 bridgehead atoms. The Kier molecular flexibility index (Phi) is 2.72. The highest BCUT2D eigenvalue weighted by molar-refractivity contribution is 5.94. The molecule has 0 radical (unpaired) electrons. The van der Waals surface area contributed by atoms with Crippen LogP contribution in [-0.4, -0.2) is 32.8 Å². The first kappa shape index (κ1) is 13.8. The number of pyridine rings is 1. The van der Waals surface area contributed by atoms with Gasteiger partial charge in [0.1, 0.15) is 5.65 Å². The molecule has 4 rings (SSSR count). The van der Waals surface area contributed by atoms with Crippen molar-refractivity contribution in [1.82, 2.24) is 14.3 Å². The second-order valence-corrected chi connectivity index (χ2v) is 8.26. The molecule has 0 N–H and O–H groups in total. The van der Waals surface area contributed by atoms with Crippen LogP contribution in [0.1, 0.15) is 50.4 Å². The first-order chi connectivity index (χ1) is 10.4. The van der Waals surface area contributed by atoms with Crippen LogP contribution in [-0.2, 0) is 0 Å². The number of likely N-dealkylation sites (tertiary alicyclic amines) is 1. The number of carbonyl (C=O) groups excluding carboxylic acids is 1. The van der Waals surface area contributed by atoms with Crippen LogP contribution >= 0.6 is 0 Å². The summed E-state index contributed by atoms with van der Waals surface area (Å²) in [7, 11) is 0. The molecule has 4 heteroatoms.